The fourth-order valence-corrected chi connectivity index (χ4v) is 4.21. The number of ether oxygens (including phenoxy) is 1. The summed E-state index contributed by atoms with van der Waals surface area (Å²) < 4.78 is 8.04. The van der Waals surface area contributed by atoms with Gasteiger partial charge in [-0.3, -0.25) is 4.79 Å². The molecule has 1 amide bonds. The SMILES string of the molecule is O=C(NC1COC2(CCCCC2)C1)c1nnc2n1CCCC2. The van der Waals surface area contributed by atoms with E-state index in [1.54, 1.807) is 0 Å². The van der Waals surface area contributed by atoms with Gasteiger partial charge in [0.2, 0.25) is 5.82 Å². The van der Waals surface area contributed by atoms with Crippen molar-refractivity contribution >= 4 is 5.91 Å². The van der Waals surface area contributed by atoms with E-state index in [9.17, 15) is 4.79 Å². The molecule has 1 unspecified atom stereocenters. The molecule has 1 spiro atoms. The predicted octanol–water partition coefficient (Wildman–Crippen LogP) is 1.84. The van der Waals surface area contributed by atoms with Crippen LogP contribution in [0.1, 0.15) is 67.8 Å². The van der Waals surface area contributed by atoms with Crippen molar-refractivity contribution in [3.63, 3.8) is 0 Å². The second-order valence-corrected chi connectivity index (χ2v) is 6.98. The highest BCUT2D eigenvalue weighted by molar-refractivity contribution is 5.91. The monoisotopic (exact) mass is 304 g/mol. The summed E-state index contributed by atoms with van der Waals surface area (Å²) in [6.45, 7) is 1.49. The van der Waals surface area contributed by atoms with E-state index in [1.165, 1.54) is 19.3 Å². The smallest absolute Gasteiger partial charge is 0.289 e. The molecule has 0 aromatic carbocycles. The first kappa shape index (κ1) is 14.2. The molecule has 1 atom stereocenters. The van der Waals surface area contributed by atoms with Gasteiger partial charge in [-0.05, 0) is 32.1 Å². The average Bonchev–Trinajstić information content (AvgIpc) is 3.13. The van der Waals surface area contributed by atoms with Crippen LogP contribution in [0.25, 0.3) is 0 Å². The van der Waals surface area contributed by atoms with Gasteiger partial charge >= 0.3 is 0 Å². The van der Waals surface area contributed by atoms with Crippen molar-refractivity contribution in [2.24, 2.45) is 0 Å². The van der Waals surface area contributed by atoms with Crippen molar-refractivity contribution in [2.45, 2.75) is 76.0 Å². The zero-order valence-electron chi connectivity index (χ0n) is 13.0. The number of nitrogens with one attached hydrogen (secondary N) is 1. The molecule has 1 saturated carbocycles. The van der Waals surface area contributed by atoms with Gasteiger partial charge in [0.1, 0.15) is 5.82 Å². The van der Waals surface area contributed by atoms with Crippen LogP contribution in [-0.2, 0) is 17.7 Å². The maximum Gasteiger partial charge on any atom is 0.289 e. The molecule has 1 N–H and O–H groups in total. The first-order chi connectivity index (χ1) is 10.8. The van der Waals surface area contributed by atoms with E-state index >= 15 is 0 Å². The molecule has 2 aliphatic heterocycles. The summed E-state index contributed by atoms with van der Waals surface area (Å²) in [5, 5.41) is 11.4. The minimum atomic E-state index is -0.0953. The van der Waals surface area contributed by atoms with Crippen molar-refractivity contribution < 1.29 is 9.53 Å². The Kier molecular flexibility index (Phi) is 3.64. The molecule has 3 heterocycles. The number of carbonyl (C=O) groups excluding carboxylic acids is 1. The van der Waals surface area contributed by atoms with E-state index in [1.807, 2.05) is 4.57 Å². The molecule has 3 aliphatic rings. The van der Waals surface area contributed by atoms with Crippen molar-refractivity contribution in [2.75, 3.05) is 6.61 Å². The Hall–Kier alpha value is -1.43. The number of aryl methyl sites for hydroxylation is 1. The number of hydrogen-bond acceptors (Lipinski definition) is 4. The lowest BCUT2D eigenvalue weighted by Gasteiger charge is -2.32. The first-order valence-electron chi connectivity index (χ1n) is 8.63. The Morgan fingerprint density at radius 2 is 2.05 bits per heavy atom. The molecule has 0 radical (unpaired) electrons. The third kappa shape index (κ3) is 2.53. The number of carbonyl (C=O) groups is 1. The summed E-state index contributed by atoms with van der Waals surface area (Å²) in [5.74, 6) is 1.32. The lowest BCUT2D eigenvalue weighted by Crippen LogP contribution is -2.38. The highest BCUT2D eigenvalue weighted by atomic mass is 16.5. The van der Waals surface area contributed by atoms with Crippen LogP contribution < -0.4 is 5.32 Å². The molecule has 4 rings (SSSR count). The summed E-state index contributed by atoms with van der Waals surface area (Å²) in [5.41, 5.74) is 0.0282. The van der Waals surface area contributed by atoms with Gasteiger partial charge in [0, 0.05) is 13.0 Å². The number of nitrogens with zero attached hydrogens (tertiary/aromatic N) is 3. The number of rotatable bonds is 2. The Bertz CT molecular complexity index is 562. The lowest BCUT2D eigenvalue weighted by molar-refractivity contribution is -0.0246. The molecular formula is C16H24N4O2. The zero-order chi connectivity index (χ0) is 15.0. The Labute approximate surface area is 130 Å². The highest BCUT2D eigenvalue weighted by Gasteiger charge is 2.41. The summed E-state index contributed by atoms with van der Waals surface area (Å²) in [6.07, 6.45) is 10.2. The van der Waals surface area contributed by atoms with Crippen LogP contribution in [-0.4, -0.2) is 38.9 Å². The molecule has 1 aromatic rings. The summed E-state index contributed by atoms with van der Waals surface area (Å²) >= 11 is 0. The maximum absolute atomic E-state index is 12.5. The molecule has 1 aromatic heterocycles. The largest absolute Gasteiger partial charge is 0.373 e. The van der Waals surface area contributed by atoms with Crippen LogP contribution in [0.5, 0.6) is 0 Å². The van der Waals surface area contributed by atoms with Gasteiger partial charge in [0.05, 0.1) is 18.2 Å². The fraction of sp³-hybridized carbons (Fsp3) is 0.812. The van der Waals surface area contributed by atoms with Gasteiger partial charge in [0.25, 0.3) is 5.91 Å². The van der Waals surface area contributed by atoms with Gasteiger partial charge in [-0.25, -0.2) is 0 Å². The normalized spacial score (nSPS) is 26.8. The van der Waals surface area contributed by atoms with Crippen LogP contribution in [0.4, 0.5) is 0 Å². The fourth-order valence-electron chi connectivity index (χ4n) is 4.21. The second-order valence-electron chi connectivity index (χ2n) is 6.98. The van der Waals surface area contributed by atoms with Gasteiger partial charge in [-0.1, -0.05) is 19.3 Å². The minimum absolute atomic E-state index is 0.0282. The molecule has 1 aliphatic carbocycles. The van der Waals surface area contributed by atoms with Crippen LogP contribution in [0.15, 0.2) is 0 Å². The van der Waals surface area contributed by atoms with E-state index in [0.717, 1.165) is 50.9 Å². The lowest BCUT2D eigenvalue weighted by atomic mass is 9.82. The van der Waals surface area contributed by atoms with E-state index < -0.39 is 0 Å². The van der Waals surface area contributed by atoms with Gasteiger partial charge < -0.3 is 14.6 Å². The van der Waals surface area contributed by atoms with Crippen LogP contribution in [0, 0.1) is 0 Å². The molecular weight excluding hydrogens is 280 g/mol. The standard InChI is InChI=1S/C16H24N4O2/c21-15(14-19-18-13-6-2-5-9-20(13)14)17-12-10-16(22-11-12)7-3-1-4-8-16/h12H,1-11H2,(H,17,21). The number of hydrogen-bond donors (Lipinski definition) is 1. The van der Waals surface area contributed by atoms with Gasteiger partial charge in [0.15, 0.2) is 0 Å². The third-order valence-electron chi connectivity index (χ3n) is 5.37. The second kappa shape index (κ2) is 5.65. The first-order valence-corrected chi connectivity index (χ1v) is 8.63. The Morgan fingerprint density at radius 3 is 2.91 bits per heavy atom. The molecule has 1 saturated heterocycles. The van der Waals surface area contributed by atoms with E-state index in [0.29, 0.717) is 12.4 Å². The van der Waals surface area contributed by atoms with Crippen LogP contribution in [0.2, 0.25) is 0 Å². The average molecular weight is 304 g/mol. The maximum atomic E-state index is 12.5. The zero-order valence-corrected chi connectivity index (χ0v) is 13.0. The molecule has 22 heavy (non-hydrogen) atoms. The van der Waals surface area contributed by atoms with Crippen LogP contribution >= 0.6 is 0 Å². The molecule has 6 nitrogen and oxygen atoms in total. The third-order valence-corrected chi connectivity index (χ3v) is 5.37. The predicted molar refractivity (Wildman–Crippen MR) is 80.6 cm³/mol. The quantitative estimate of drug-likeness (QED) is 0.905. The van der Waals surface area contributed by atoms with Crippen molar-refractivity contribution in [1.82, 2.24) is 20.1 Å². The molecule has 6 heteroatoms. The number of amides is 1. The van der Waals surface area contributed by atoms with Gasteiger partial charge in [-0.2, -0.15) is 0 Å². The topological polar surface area (TPSA) is 69.0 Å². The molecule has 0 bridgehead atoms. The summed E-state index contributed by atoms with van der Waals surface area (Å²) in [7, 11) is 0. The van der Waals surface area contributed by atoms with Crippen LogP contribution in [0.3, 0.4) is 0 Å². The van der Waals surface area contributed by atoms with E-state index in [-0.39, 0.29) is 17.6 Å². The Morgan fingerprint density at radius 1 is 1.18 bits per heavy atom. The van der Waals surface area contributed by atoms with Crippen molar-refractivity contribution in [3.8, 4) is 0 Å². The minimum Gasteiger partial charge on any atom is -0.373 e. The van der Waals surface area contributed by atoms with E-state index in [4.69, 9.17) is 4.74 Å². The number of aromatic nitrogens is 3. The highest BCUT2D eigenvalue weighted by Crippen LogP contribution is 2.39. The number of fused-ring (bicyclic) bond motifs is 1. The molecule has 120 valence electrons. The summed E-state index contributed by atoms with van der Waals surface area (Å²) in [6, 6.07) is 0.113. The molecule has 2 fully saturated rings. The summed E-state index contributed by atoms with van der Waals surface area (Å²) in [4.78, 5) is 12.5. The van der Waals surface area contributed by atoms with Gasteiger partial charge in [-0.15, -0.1) is 10.2 Å². The van der Waals surface area contributed by atoms with Crippen molar-refractivity contribution in [3.05, 3.63) is 11.6 Å². The van der Waals surface area contributed by atoms with E-state index in [2.05, 4.69) is 15.5 Å². The van der Waals surface area contributed by atoms with Crippen molar-refractivity contribution in [1.29, 1.82) is 0 Å². The Balaban J connectivity index is 1.41.